The predicted molar refractivity (Wildman–Crippen MR) is 69.1 cm³/mol. The van der Waals surface area contributed by atoms with E-state index in [-0.39, 0.29) is 6.04 Å². The molecule has 0 aliphatic carbocycles. The zero-order valence-electron chi connectivity index (χ0n) is 10.4. The summed E-state index contributed by atoms with van der Waals surface area (Å²) < 4.78 is 11.3. The molecule has 3 nitrogen and oxygen atoms in total. The third-order valence-corrected chi connectivity index (χ3v) is 3.21. The van der Waals surface area contributed by atoms with E-state index in [1.165, 1.54) is 0 Å². The Balaban J connectivity index is 2.67. The largest absolute Gasteiger partial charge is 0.486 e. The Morgan fingerprint density at radius 2 is 1.82 bits per heavy atom. The normalized spacial score (nSPS) is 16.1. The van der Waals surface area contributed by atoms with Gasteiger partial charge in [0, 0.05) is 22.7 Å². The fourth-order valence-electron chi connectivity index (χ4n) is 2.23. The fraction of sp³-hybridized carbons (Fsp3) is 0.538. The average molecular weight is 256 g/mol. The third-order valence-electron chi connectivity index (χ3n) is 2.89. The summed E-state index contributed by atoms with van der Waals surface area (Å²) in [5, 5.41) is 0.660. The van der Waals surface area contributed by atoms with Gasteiger partial charge in [0.25, 0.3) is 0 Å². The number of rotatable bonds is 2. The molecule has 1 heterocycles. The predicted octanol–water partition coefficient (Wildman–Crippen LogP) is 3.25. The van der Waals surface area contributed by atoms with Crippen molar-refractivity contribution in [3.05, 3.63) is 22.2 Å². The summed E-state index contributed by atoms with van der Waals surface area (Å²) >= 11 is 6.29. The monoisotopic (exact) mass is 255 g/mol. The summed E-state index contributed by atoms with van der Waals surface area (Å²) in [5.74, 6) is 1.84. The van der Waals surface area contributed by atoms with E-state index in [4.69, 9.17) is 26.8 Å². The summed E-state index contributed by atoms with van der Waals surface area (Å²) in [6.45, 7) is 7.29. The second-order valence-corrected chi connectivity index (χ2v) is 5.06. The standard InChI is InChI=1S/C13H18ClNO2/c1-7(2)11-12(8(3)15)9(14)6-10-13(11)17-5-4-16-10/h6-8H,4-5,15H2,1-3H3. The van der Waals surface area contributed by atoms with E-state index in [9.17, 15) is 0 Å². The summed E-state index contributed by atoms with van der Waals surface area (Å²) in [5.41, 5.74) is 8.04. The van der Waals surface area contributed by atoms with Crippen LogP contribution < -0.4 is 15.2 Å². The second kappa shape index (κ2) is 4.75. The SMILES string of the molecule is CC(C)c1c2c(cc(Cl)c1C(C)N)OCCO2. The fourth-order valence-corrected chi connectivity index (χ4v) is 2.60. The van der Waals surface area contributed by atoms with E-state index in [1.807, 2.05) is 6.92 Å². The Hall–Kier alpha value is -0.930. The maximum atomic E-state index is 6.29. The van der Waals surface area contributed by atoms with Crippen LogP contribution in [0, 0.1) is 0 Å². The summed E-state index contributed by atoms with van der Waals surface area (Å²) in [6.07, 6.45) is 0. The van der Waals surface area contributed by atoms with Gasteiger partial charge in [0.05, 0.1) is 0 Å². The Kier molecular flexibility index (Phi) is 3.50. The van der Waals surface area contributed by atoms with Gasteiger partial charge in [0.1, 0.15) is 13.2 Å². The maximum Gasteiger partial charge on any atom is 0.165 e. The Bertz CT molecular complexity index is 430. The van der Waals surface area contributed by atoms with Crippen LogP contribution in [0.5, 0.6) is 11.5 Å². The molecule has 4 heteroatoms. The minimum absolute atomic E-state index is 0.115. The Labute approximate surface area is 107 Å². The molecule has 0 saturated heterocycles. The highest BCUT2D eigenvalue weighted by Crippen LogP contribution is 2.45. The van der Waals surface area contributed by atoms with E-state index >= 15 is 0 Å². The molecule has 0 fully saturated rings. The molecule has 0 amide bonds. The number of benzene rings is 1. The van der Waals surface area contributed by atoms with Crippen LogP contribution in [0.1, 0.15) is 43.9 Å². The molecule has 1 aliphatic heterocycles. The van der Waals surface area contributed by atoms with Crippen LogP contribution in [0.3, 0.4) is 0 Å². The molecule has 0 bridgehead atoms. The average Bonchev–Trinajstić information content (AvgIpc) is 2.26. The summed E-state index contributed by atoms with van der Waals surface area (Å²) in [4.78, 5) is 0. The first-order chi connectivity index (χ1) is 8.02. The van der Waals surface area contributed by atoms with Gasteiger partial charge in [-0.05, 0) is 18.4 Å². The lowest BCUT2D eigenvalue weighted by Crippen LogP contribution is -2.19. The van der Waals surface area contributed by atoms with E-state index < -0.39 is 0 Å². The van der Waals surface area contributed by atoms with Gasteiger partial charge in [-0.2, -0.15) is 0 Å². The molecule has 1 aliphatic rings. The molecule has 94 valence electrons. The van der Waals surface area contributed by atoms with Crippen LogP contribution in [0.25, 0.3) is 0 Å². The zero-order valence-corrected chi connectivity index (χ0v) is 11.2. The van der Waals surface area contributed by atoms with Gasteiger partial charge >= 0.3 is 0 Å². The van der Waals surface area contributed by atoms with Crippen molar-refractivity contribution >= 4 is 11.6 Å². The van der Waals surface area contributed by atoms with Crippen molar-refractivity contribution in [2.24, 2.45) is 5.73 Å². The number of ether oxygens (including phenoxy) is 2. The molecule has 0 radical (unpaired) electrons. The highest BCUT2D eigenvalue weighted by molar-refractivity contribution is 6.31. The number of hydrogen-bond donors (Lipinski definition) is 1. The Morgan fingerprint density at radius 1 is 1.18 bits per heavy atom. The van der Waals surface area contributed by atoms with Crippen molar-refractivity contribution in [1.29, 1.82) is 0 Å². The van der Waals surface area contributed by atoms with Crippen molar-refractivity contribution in [2.75, 3.05) is 13.2 Å². The quantitative estimate of drug-likeness (QED) is 0.882. The molecular weight excluding hydrogens is 238 g/mol. The van der Waals surface area contributed by atoms with Crippen molar-refractivity contribution in [2.45, 2.75) is 32.7 Å². The summed E-state index contributed by atoms with van der Waals surface area (Å²) in [6, 6.07) is 1.69. The van der Waals surface area contributed by atoms with Crippen LogP contribution in [0.15, 0.2) is 6.07 Å². The van der Waals surface area contributed by atoms with Gasteiger partial charge in [-0.3, -0.25) is 0 Å². The first kappa shape index (κ1) is 12.5. The lowest BCUT2D eigenvalue weighted by atomic mass is 9.92. The van der Waals surface area contributed by atoms with E-state index in [2.05, 4.69) is 13.8 Å². The highest BCUT2D eigenvalue weighted by Gasteiger charge is 2.25. The van der Waals surface area contributed by atoms with E-state index in [0.29, 0.717) is 24.2 Å². The molecule has 1 unspecified atom stereocenters. The van der Waals surface area contributed by atoms with Gasteiger partial charge in [0.2, 0.25) is 0 Å². The summed E-state index contributed by atoms with van der Waals surface area (Å²) in [7, 11) is 0. The van der Waals surface area contributed by atoms with Crippen LogP contribution in [0.4, 0.5) is 0 Å². The second-order valence-electron chi connectivity index (χ2n) is 4.65. The van der Waals surface area contributed by atoms with Crippen molar-refractivity contribution in [3.63, 3.8) is 0 Å². The first-order valence-electron chi connectivity index (χ1n) is 5.89. The number of hydrogen-bond acceptors (Lipinski definition) is 3. The van der Waals surface area contributed by atoms with E-state index in [0.717, 1.165) is 22.6 Å². The lowest BCUT2D eigenvalue weighted by molar-refractivity contribution is 0.169. The van der Waals surface area contributed by atoms with Gasteiger partial charge < -0.3 is 15.2 Å². The van der Waals surface area contributed by atoms with Gasteiger partial charge in [-0.25, -0.2) is 0 Å². The molecule has 2 rings (SSSR count). The van der Waals surface area contributed by atoms with Gasteiger partial charge in [-0.15, -0.1) is 0 Å². The third kappa shape index (κ3) is 2.22. The van der Waals surface area contributed by atoms with Crippen LogP contribution in [-0.4, -0.2) is 13.2 Å². The molecule has 0 saturated carbocycles. The molecule has 0 spiro atoms. The number of fused-ring (bicyclic) bond motifs is 1. The minimum atomic E-state index is -0.115. The van der Waals surface area contributed by atoms with Crippen molar-refractivity contribution < 1.29 is 9.47 Å². The molecule has 1 aromatic rings. The van der Waals surface area contributed by atoms with Crippen LogP contribution in [0.2, 0.25) is 5.02 Å². The molecule has 1 aromatic carbocycles. The number of halogens is 1. The molecule has 0 aromatic heterocycles. The maximum absolute atomic E-state index is 6.29. The number of nitrogens with two attached hydrogens (primary N) is 1. The van der Waals surface area contributed by atoms with Gasteiger partial charge in [-0.1, -0.05) is 25.4 Å². The minimum Gasteiger partial charge on any atom is -0.486 e. The molecule has 17 heavy (non-hydrogen) atoms. The van der Waals surface area contributed by atoms with Crippen LogP contribution >= 0.6 is 11.6 Å². The van der Waals surface area contributed by atoms with Gasteiger partial charge in [0.15, 0.2) is 11.5 Å². The first-order valence-corrected chi connectivity index (χ1v) is 6.27. The van der Waals surface area contributed by atoms with E-state index in [1.54, 1.807) is 6.07 Å². The zero-order chi connectivity index (χ0) is 12.6. The molecule has 2 N–H and O–H groups in total. The van der Waals surface area contributed by atoms with Crippen molar-refractivity contribution in [1.82, 2.24) is 0 Å². The van der Waals surface area contributed by atoms with Crippen molar-refractivity contribution in [3.8, 4) is 11.5 Å². The molecular formula is C13H18ClNO2. The Morgan fingerprint density at radius 3 is 2.41 bits per heavy atom. The molecule has 1 atom stereocenters. The highest BCUT2D eigenvalue weighted by atomic mass is 35.5. The smallest absolute Gasteiger partial charge is 0.165 e. The van der Waals surface area contributed by atoms with Crippen LogP contribution in [-0.2, 0) is 0 Å². The topological polar surface area (TPSA) is 44.5 Å². The lowest BCUT2D eigenvalue weighted by Gasteiger charge is -2.27.